The third-order valence-electron chi connectivity index (χ3n) is 6.79. The van der Waals surface area contributed by atoms with Gasteiger partial charge in [-0.3, -0.25) is 9.69 Å². The van der Waals surface area contributed by atoms with Crippen LogP contribution < -0.4 is 10.2 Å². The van der Waals surface area contributed by atoms with Crippen LogP contribution in [0.2, 0.25) is 0 Å². The Hall–Kier alpha value is -2.34. The Morgan fingerprint density at radius 2 is 1.97 bits per heavy atom. The van der Waals surface area contributed by atoms with Crippen molar-refractivity contribution in [1.82, 2.24) is 15.2 Å². The molecule has 1 saturated carbocycles. The maximum atomic E-state index is 12.1. The number of hydrogen-bond donors (Lipinski definition) is 1. The van der Waals surface area contributed by atoms with E-state index in [2.05, 4.69) is 52.1 Å². The number of nitrogens with zero attached hydrogens (tertiary/aromatic N) is 3. The molecule has 1 aliphatic heterocycles. The molecule has 1 aromatic heterocycles. The fraction of sp³-hybridized carbons (Fsp3) is 0.583. The molecular formula is C24H34N4O2. The molecule has 2 heterocycles. The van der Waals surface area contributed by atoms with Crippen LogP contribution in [0.5, 0.6) is 0 Å². The van der Waals surface area contributed by atoms with Crippen molar-refractivity contribution >= 4 is 11.6 Å². The van der Waals surface area contributed by atoms with Crippen LogP contribution in [0, 0.1) is 19.8 Å². The SMILES string of the molecule is CCc1cccc(N2CCN(CC[C@H]3C[C@H](NC(=O)c4coc(C)n4)C3)CC2)c1C. The van der Waals surface area contributed by atoms with E-state index in [1.165, 1.54) is 29.5 Å². The number of rotatable bonds is 7. The molecule has 1 aliphatic carbocycles. The summed E-state index contributed by atoms with van der Waals surface area (Å²) in [6.45, 7) is 11.9. The summed E-state index contributed by atoms with van der Waals surface area (Å²) in [7, 11) is 0. The average molecular weight is 411 g/mol. The highest BCUT2D eigenvalue weighted by Gasteiger charge is 2.31. The van der Waals surface area contributed by atoms with Gasteiger partial charge in [0.1, 0.15) is 6.26 Å². The molecule has 30 heavy (non-hydrogen) atoms. The third kappa shape index (κ3) is 4.69. The first-order valence-corrected chi connectivity index (χ1v) is 11.3. The van der Waals surface area contributed by atoms with E-state index in [1.807, 2.05) is 0 Å². The highest BCUT2D eigenvalue weighted by Crippen LogP contribution is 2.31. The number of anilines is 1. The average Bonchev–Trinajstić information content (AvgIpc) is 3.16. The number of aryl methyl sites for hydroxylation is 2. The van der Waals surface area contributed by atoms with Crippen LogP contribution in [0.1, 0.15) is 53.7 Å². The van der Waals surface area contributed by atoms with Gasteiger partial charge in [-0.05, 0) is 62.3 Å². The van der Waals surface area contributed by atoms with Crippen LogP contribution in [0.3, 0.4) is 0 Å². The summed E-state index contributed by atoms with van der Waals surface area (Å²) < 4.78 is 5.12. The minimum atomic E-state index is -0.117. The predicted molar refractivity (Wildman–Crippen MR) is 119 cm³/mol. The molecule has 0 unspecified atom stereocenters. The summed E-state index contributed by atoms with van der Waals surface area (Å²) >= 11 is 0. The van der Waals surface area contributed by atoms with Gasteiger partial charge in [-0.15, -0.1) is 0 Å². The van der Waals surface area contributed by atoms with Crippen LogP contribution in [0.15, 0.2) is 28.9 Å². The maximum Gasteiger partial charge on any atom is 0.273 e. The summed E-state index contributed by atoms with van der Waals surface area (Å²) in [5.41, 5.74) is 4.69. The first kappa shape index (κ1) is 20.9. The van der Waals surface area contributed by atoms with Crippen LogP contribution >= 0.6 is 0 Å². The minimum absolute atomic E-state index is 0.117. The fourth-order valence-electron chi connectivity index (χ4n) is 4.79. The molecule has 0 bridgehead atoms. The van der Waals surface area contributed by atoms with E-state index in [1.54, 1.807) is 6.92 Å². The van der Waals surface area contributed by atoms with Crippen LogP contribution in [0.4, 0.5) is 5.69 Å². The Balaban J connectivity index is 1.15. The van der Waals surface area contributed by atoms with Crippen molar-refractivity contribution in [2.24, 2.45) is 5.92 Å². The largest absolute Gasteiger partial charge is 0.448 e. The van der Waals surface area contributed by atoms with Gasteiger partial charge in [-0.25, -0.2) is 4.98 Å². The lowest BCUT2D eigenvalue weighted by Gasteiger charge is -2.40. The normalized spacial score (nSPS) is 22.0. The molecule has 0 radical (unpaired) electrons. The number of carbonyl (C=O) groups excluding carboxylic acids is 1. The first-order valence-electron chi connectivity index (χ1n) is 11.3. The third-order valence-corrected chi connectivity index (χ3v) is 6.79. The zero-order valence-electron chi connectivity index (χ0n) is 18.5. The smallest absolute Gasteiger partial charge is 0.273 e. The quantitative estimate of drug-likeness (QED) is 0.756. The summed E-state index contributed by atoms with van der Waals surface area (Å²) in [6.07, 6.45) is 5.90. The molecule has 6 heteroatoms. The van der Waals surface area contributed by atoms with Gasteiger partial charge in [0.15, 0.2) is 11.6 Å². The second kappa shape index (κ2) is 9.21. The molecule has 1 aromatic carbocycles. The van der Waals surface area contributed by atoms with Gasteiger partial charge >= 0.3 is 0 Å². The maximum absolute atomic E-state index is 12.1. The first-order chi connectivity index (χ1) is 14.5. The number of aromatic nitrogens is 1. The van der Waals surface area contributed by atoms with Crippen LogP contribution in [-0.4, -0.2) is 54.6 Å². The summed E-state index contributed by atoms with van der Waals surface area (Å²) in [6, 6.07) is 7.00. The zero-order chi connectivity index (χ0) is 21.1. The van der Waals surface area contributed by atoms with E-state index >= 15 is 0 Å². The molecule has 6 nitrogen and oxygen atoms in total. The van der Waals surface area contributed by atoms with E-state index in [9.17, 15) is 4.79 Å². The van der Waals surface area contributed by atoms with Crippen molar-refractivity contribution in [1.29, 1.82) is 0 Å². The van der Waals surface area contributed by atoms with Crippen molar-refractivity contribution < 1.29 is 9.21 Å². The van der Waals surface area contributed by atoms with E-state index in [4.69, 9.17) is 4.42 Å². The molecule has 2 fully saturated rings. The lowest BCUT2D eigenvalue weighted by molar-refractivity contribution is 0.0872. The second-order valence-corrected chi connectivity index (χ2v) is 8.79. The van der Waals surface area contributed by atoms with Crippen molar-refractivity contribution in [2.45, 2.75) is 52.5 Å². The summed E-state index contributed by atoms with van der Waals surface area (Å²) in [5.74, 6) is 1.13. The number of carbonyl (C=O) groups is 1. The standard InChI is InChI=1S/C24H34N4O2/c1-4-20-6-5-7-23(17(20)2)28-12-10-27(11-13-28)9-8-19-14-21(15-19)26-24(29)22-16-30-18(3)25-22/h5-7,16,19,21H,4,8-15H2,1-3H3,(H,26,29)/t19-,21-. The van der Waals surface area contributed by atoms with Gasteiger partial charge in [0, 0.05) is 44.8 Å². The Kier molecular flexibility index (Phi) is 6.42. The predicted octanol–water partition coefficient (Wildman–Crippen LogP) is 3.57. The fourth-order valence-corrected chi connectivity index (χ4v) is 4.79. The molecule has 0 atom stereocenters. The molecule has 1 saturated heterocycles. The van der Waals surface area contributed by atoms with Gasteiger partial charge in [0.05, 0.1) is 0 Å². The number of benzene rings is 1. The van der Waals surface area contributed by atoms with Crippen LogP contribution in [-0.2, 0) is 6.42 Å². The Bertz CT molecular complexity index is 864. The zero-order valence-corrected chi connectivity index (χ0v) is 18.5. The minimum Gasteiger partial charge on any atom is -0.448 e. The Labute approximate surface area is 179 Å². The second-order valence-electron chi connectivity index (χ2n) is 8.79. The Morgan fingerprint density at radius 3 is 2.63 bits per heavy atom. The molecule has 1 N–H and O–H groups in total. The summed E-state index contributed by atoms with van der Waals surface area (Å²) in [4.78, 5) is 21.4. The Morgan fingerprint density at radius 1 is 1.20 bits per heavy atom. The topological polar surface area (TPSA) is 61.6 Å². The molecule has 4 rings (SSSR count). The molecule has 1 amide bonds. The van der Waals surface area contributed by atoms with Crippen molar-refractivity contribution in [3.63, 3.8) is 0 Å². The van der Waals surface area contributed by atoms with Crippen molar-refractivity contribution in [3.8, 4) is 0 Å². The van der Waals surface area contributed by atoms with Gasteiger partial charge in [0.25, 0.3) is 5.91 Å². The number of amides is 1. The van der Waals surface area contributed by atoms with Gasteiger partial charge in [0.2, 0.25) is 0 Å². The number of nitrogens with one attached hydrogen (secondary N) is 1. The van der Waals surface area contributed by atoms with Crippen molar-refractivity contribution in [2.75, 3.05) is 37.6 Å². The lowest BCUT2D eigenvalue weighted by Crippen LogP contribution is -2.48. The number of hydrogen-bond acceptors (Lipinski definition) is 5. The van der Waals surface area contributed by atoms with E-state index in [0.717, 1.165) is 57.9 Å². The van der Waals surface area contributed by atoms with Gasteiger partial charge < -0.3 is 14.6 Å². The number of piperazine rings is 1. The molecule has 2 aliphatic rings. The van der Waals surface area contributed by atoms with E-state index in [0.29, 0.717) is 11.6 Å². The molecule has 2 aromatic rings. The van der Waals surface area contributed by atoms with Gasteiger partial charge in [-0.1, -0.05) is 19.1 Å². The monoisotopic (exact) mass is 410 g/mol. The van der Waals surface area contributed by atoms with E-state index in [-0.39, 0.29) is 11.9 Å². The molecular weight excluding hydrogens is 376 g/mol. The van der Waals surface area contributed by atoms with Crippen molar-refractivity contribution in [3.05, 3.63) is 47.2 Å². The molecule has 0 spiro atoms. The van der Waals surface area contributed by atoms with Crippen LogP contribution in [0.25, 0.3) is 0 Å². The lowest BCUT2D eigenvalue weighted by atomic mass is 9.78. The van der Waals surface area contributed by atoms with Gasteiger partial charge in [-0.2, -0.15) is 0 Å². The number of oxazole rings is 1. The summed E-state index contributed by atoms with van der Waals surface area (Å²) in [5, 5.41) is 3.07. The molecule has 162 valence electrons. The van der Waals surface area contributed by atoms with E-state index < -0.39 is 0 Å². The highest BCUT2D eigenvalue weighted by molar-refractivity contribution is 5.92. The highest BCUT2D eigenvalue weighted by atomic mass is 16.3.